The van der Waals surface area contributed by atoms with Crippen LogP contribution in [0.25, 0.3) is 0 Å². The maximum atomic E-state index is 12.3. The van der Waals surface area contributed by atoms with E-state index in [9.17, 15) is 23.1 Å². The van der Waals surface area contributed by atoms with Gasteiger partial charge in [-0.15, -0.1) is 0 Å². The van der Waals surface area contributed by atoms with Crippen molar-refractivity contribution in [2.75, 3.05) is 19.7 Å². The Morgan fingerprint density at radius 1 is 1.35 bits per heavy atom. The molecule has 1 aromatic rings. The van der Waals surface area contributed by atoms with E-state index in [4.69, 9.17) is 4.74 Å². The van der Waals surface area contributed by atoms with E-state index in [1.54, 1.807) is 0 Å². The molecule has 1 aromatic carbocycles. The SMILES string of the molecule is O=C(COc1ccc(C(F)(F)F)cc1)N1CC[C@H](O)C1. The zero-order chi connectivity index (χ0) is 14.8. The maximum absolute atomic E-state index is 12.3. The summed E-state index contributed by atoms with van der Waals surface area (Å²) in [6.45, 7) is 0.490. The molecule has 1 aliphatic rings. The zero-order valence-electron chi connectivity index (χ0n) is 10.6. The summed E-state index contributed by atoms with van der Waals surface area (Å²) in [6, 6.07) is 4.16. The summed E-state index contributed by atoms with van der Waals surface area (Å²) in [5, 5.41) is 9.30. The summed E-state index contributed by atoms with van der Waals surface area (Å²) < 4.78 is 42.2. The van der Waals surface area contributed by atoms with Crippen LogP contribution in [0.4, 0.5) is 13.2 Å². The molecule has 0 saturated carbocycles. The number of hydrogen-bond donors (Lipinski definition) is 1. The van der Waals surface area contributed by atoms with E-state index in [1.807, 2.05) is 0 Å². The van der Waals surface area contributed by atoms with Gasteiger partial charge in [-0.3, -0.25) is 4.79 Å². The van der Waals surface area contributed by atoms with Gasteiger partial charge in [0.15, 0.2) is 6.61 Å². The molecule has 1 heterocycles. The van der Waals surface area contributed by atoms with Crippen molar-refractivity contribution in [2.45, 2.75) is 18.7 Å². The first-order valence-corrected chi connectivity index (χ1v) is 6.12. The second kappa shape index (κ2) is 5.70. The lowest BCUT2D eigenvalue weighted by atomic mass is 10.2. The Labute approximate surface area is 113 Å². The van der Waals surface area contributed by atoms with E-state index in [0.29, 0.717) is 13.0 Å². The minimum absolute atomic E-state index is 0.200. The van der Waals surface area contributed by atoms with Gasteiger partial charge < -0.3 is 14.7 Å². The molecule has 1 fully saturated rings. The van der Waals surface area contributed by atoms with Gasteiger partial charge in [-0.2, -0.15) is 13.2 Å². The van der Waals surface area contributed by atoms with Crippen LogP contribution in [0, 0.1) is 0 Å². The number of carbonyl (C=O) groups is 1. The number of benzene rings is 1. The summed E-state index contributed by atoms with van der Waals surface area (Å²) in [4.78, 5) is 13.2. The number of rotatable bonds is 3. The van der Waals surface area contributed by atoms with E-state index < -0.39 is 17.8 Å². The van der Waals surface area contributed by atoms with Gasteiger partial charge in [-0.1, -0.05) is 0 Å². The number of amides is 1. The number of likely N-dealkylation sites (tertiary alicyclic amines) is 1. The molecule has 4 nitrogen and oxygen atoms in total. The van der Waals surface area contributed by atoms with Crippen molar-refractivity contribution < 1.29 is 27.8 Å². The van der Waals surface area contributed by atoms with Crippen LogP contribution >= 0.6 is 0 Å². The molecule has 0 bridgehead atoms. The molecule has 0 aromatic heterocycles. The second-order valence-corrected chi connectivity index (χ2v) is 4.59. The van der Waals surface area contributed by atoms with E-state index in [-0.39, 0.29) is 24.8 Å². The molecule has 7 heteroatoms. The molecule has 110 valence electrons. The van der Waals surface area contributed by atoms with Crippen LogP contribution in [-0.2, 0) is 11.0 Å². The summed E-state index contributed by atoms with van der Waals surface area (Å²) in [7, 11) is 0. The minimum atomic E-state index is -4.39. The first-order chi connectivity index (χ1) is 9.36. The van der Waals surface area contributed by atoms with Gasteiger partial charge in [0.25, 0.3) is 5.91 Å². The van der Waals surface area contributed by atoms with Crippen LogP contribution in [0.2, 0.25) is 0 Å². The lowest BCUT2D eigenvalue weighted by molar-refractivity contribution is -0.137. The van der Waals surface area contributed by atoms with Gasteiger partial charge in [-0.05, 0) is 30.7 Å². The van der Waals surface area contributed by atoms with Crippen molar-refractivity contribution in [3.8, 4) is 5.75 Å². The van der Waals surface area contributed by atoms with E-state index in [0.717, 1.165) is 12.1 Å². The predicted octanol–water partition coefficient (Wildman–Crippen LogP) is 1.68. The number of β-amino-alcohol motifs (C(OH)–C–C–N with tert-alkyl or cyclic N) is 1. The fourth-order valence-corrected chi connectivity index (χ4v) is 1.94. The highest BCUT2D eigenvalue weighted by atomic mass is 19.4. The zero-order valence-corrected chi connectivity index (χ0v) is 10.6. The fourth-order valence-electron chi connectivity index (χ4n) is 1.94. The number of carbonyl (C=O) groups excluding carboxylic acids is 1. The number of nitrogens with zero attached hydrogens (tertiary/aromatic N) is 1. The Balaban J connectivity index is 1.86. The highest BCUT2D eigenvalue weighted by molar-refractivity contribution is 5.78. The number of alkyl halides is 3. The molecule has 0 aliphatic carbocycles. The minimum Gasteiger partial charge on any atom is -0.484 e. The van der Waals surface area contributed by atoms with E-state index in [2.05, 4.69) is 0 Å². The van der Waals surface area contributed by atoms with Crippen molar-refractivity contribution in [3.63, 3.8) is 0 Å². The summed E-state index contributed by atoms with van der Waals surface area (Å²) in [5.74, 6) is -0.0902. The molecule has 0 radical (unpaired) electrons. The Bertz CT molecular complexity index is 473. The third-order valence-electron chi connectivity index (χ3n) is 3.06. The topological polar surface area (TPSA) is 49.8 Å². The summed E-state index contributed by atoms with van der Waals surface area (Å²) in [6.07, 6.45) is -4.36. The van der Waals surface area contributed by atoms with Gasteiger partial charge in [0.1, 0.15) is 5.75 Å². The molecular formula is C13H14F3NO3. The lowest BCUT2D eigenvalue weighted by Gasteiger charge is -2.16. The Kier molecular flexibility index (Phi) is 4.17. The van der Waals surface area contributed by atoms with Gasteiger partial charge in [-0.25, -0.2) is 0 Å². The largest absolute Gasteiger partial charge is 0.484 e. The average molecular weight is 289 g/mol. The van der Waals surface area contributed by atoms with Crippen molar-refractivity contribution in [1.82, 2.24) is 4.90 Å². The molecule has 1 saturated heterocycles. The molecule has 20 heavy (non-hydrogen) atoms. The third-order valence-corrected chi connectivity index (χ3v) is 3.06. The van der Waals surface area contributed by atoms with Gasteiger partial charge in [0.05, 0.1) is 11.7 Å². The van der Waals surface area contributed by atoms with Crippen molar-refractivity contribution in [1.29, 1.82) is 0 Å². The van der Waals surface area contributed by atoms with Crippen molar-refractivity contribution in [2.24, 2.45) is 0 Å². The van der Waals surface area contributed by atoms with Crippen LogP contribution in [0.1, 0.15) is 12.0 Å². The molecule has 2 rings (SSSR count). The highest BCUT2D eigenvalue weighted by Gasteiger charge is 2.30. The van der Waals surface area contributed by atoms with Gasteiger partial charge in [0.2, 0.25) is 0 Å². The number of ether oxygens (including phenoxy) is 1. The predicted molar refractivity (Wildman–Crippen MR) is 64.1 cm³/mol. The van der Waals surface area contributed by atoms with Crippen LogP contribution in [0.15, 0.2) is 24.3 Å². The number of hydrogen-bond acceptors (Lipinski definition) is 3. The number of halogens is 3. The average Bonchev–Trinajstić information content (AvgIpc) is 2.82. The van der Waals surface area contributed by atoms with Crippen molar-refractivity contribution >= 4 is 5.91 Å². The fraction of sp³-hybridized carbons (Fsp3) is 0.462. The molecule has 0 unspecified atom stereocenters. The Morgan fingerprint density at radius 3 is 2.50 bits per heavy atom. The Morgan fingerprint density at radius 2 is 2.00 bits per heavy atom. The molecule has 1 amide bonds. The second-order valence-electron chi connectivity index (χ2n) is 4.59. The normalized spacial score (nSPS) is 19.2. The van der Waals surface area contributed by atoms with Crippen LogP contribution in [-0.4, -0.2) is 41.7 Å². The smallest absolute Gasteiger partial charge is 0.416 e. The van der Waals surface area contributed by atoms with E-state index >= 15 is 0 Å². The monoisotopic (exact) mass is 289 g/mol. The van der Waals surface area contributed by atoms with Gasteiger partial charge in [0, 0.05) is 13.1 Å². The number of aliphatic hydroxyl groups excluding tert-OH is 1. The van der Waals surface area contributed by atoms with Gasteiger partial charge >= 0.3 is 6.18 Å². The third kappa shape index (κ3) is 3.63. The molecule has 1 aliphatic heterocycles. The molecule has 1 N–H and O–H groups in total. The first-order valence-electron chi connectivity index (χ1n) is 6.12. The molecule has 1 atom stereocenters. The maximum Gasteiger partial charge on any atom is 0.416 e. The quantitative estimate of drug-likeness (QED) is 0.921. The van der Waals surface area contributed by atoms with Crippen LogP contribution < -0.4 is 4.74 Å². The highest BCUT2D eigenvalue weighted by Crippen LogP contribution is 2.30. The first kappa shape index (κ1) is 14.6. The van der Waals surface area contributed by atoms with E-state index in [1.165, 1.54) is 17.0 Å². The lowest BCUT2D eigenvalue weighted by Crippen LogP contribution is -2.33. The Hall–Kier alpha value is -1.76. The number of aliphatic hydroxyl groups is 1. The molecule has 0 spiro atoms. The summed E-state index contributed by atoms with van der Waals surface area (Å²) in [5.41, 5.74) is -0.765. The summed E-state index contributed by atoms with van der Waals surface area (Å²) >= 11 is 0. The van der Waals surface area contributed by atoms with Crippen LogP contribution in [0.5, 0.6) is 5.75 Å². The molecular weight excluding hydrogens is 275 g/mol. The van der Waals surface area contributed by atoms with Crippen LogP contribution in [0.3, 0.4) is 0 Å². The standard InChI is InChI=1S/C13H14F3NO3/c14-13(15,16)9-1-3-11(4-2-9)20-8-12(19)17-6-5-10(18)7-17/h1-4,10,18H,5-8H2/t10-/m0/s1. The van der Waals surface area contributed by atoms with Crippen molar-refractivity contribution in [3.05, 3.63) is 29.8 Å².